The summed E-state index contributed by atoms with van der Waals surface area (Å²) in [7, 11) is 1.69. The van der Waals surface area contributed by atoms with Gasteiger partial charge >= 0.3 is 0 Å². The first-order chi connectivity index (χ1) is 8.77. The fourth-order valence-electron chi connectivity index (χ4n) is 1.81. The van der Waals surface area contributed by atoms with Gasteiger partial charge in [-0.25, -0.2) is 0 Å². The molecule has 1 aromatic rings. The maximum atomic E-state index is 5.99. The minimum atomic E-state index is 0.759. The molecule has 0 saturated carbocycles. The number of benzene rings is 1. The molecule has 0 saturated heterocycles. The Morgan fingerprint density at radius 2 is 2.00 bits per heavy atom. The van der Waals surface area contributed by atoms with Crippen LogP contribution >= 0.6 is 34.2 Å². The fourth-order valence-corrected chi connectivity index (χ4v) is 2.54. The first kappa shape index (κ1) is 16.1. The first-order valence-electron chi connectivity index (χ1n) is 6.37. The summed E-state index contributed by atoms with van der Waals surface area (Å²) in [6.45, 7) is 1.87. The van der Waals surface area contributed by atoms with Crippen molar-refractivity contribution in [3.05, 3.63) is 28.8 Å². The Balaban J connectivity index is 2.24. The van der Waals surface area contributed by atoms with Gasteiger partial charge in [-0.05, 0) is 42.0 Å². The zero-order chi connectivity index (χ0) is 13.2. The molecular formula is C14H21ClINO. The molecule has 0 bridgehead atoms. The van der Waals surface area contributed by atoms with Crippen molar-refractivity contribution < 1.29 is 4.74 Å². The molecule has 0 radical (unpaired) electrons. The highest BCUT2D eigenvalue weighted by atomic mass is 127. The number of ether oxygens (including phenoxy) is 1. The summed E-state index contributed by atoms with van der Waals surface area (Å²) < 4.78 is 6.58. The molecule has 0 aliphatic heterocycles. The van der Waals surface area contributed by atoms with E-state index in [1.165, 1.54) is 30.1 Å². The molecule has 0 spiro atoms. The molecule has 0 aliphatic carbocycles. The number of nitrogens with one attached hydrogen (secondary N) is 1. The van der Waals surface area contributed by atoms with Crippen molar-refractivity contribution in [2.45, 2.75) is 32.2 Å². The Hall–Kier alpha value is -0.000000000000000111. The molecule has 0 aliphatic rings. The summed E-state index contributed by atoms with van der Waals surface area (Å²) in [5.74, 6) is 0.900. The van der Waals surface area contributed by atoms with E-state index in [-0.39, 0.29) is 0 Å². The maximum absolute atomic E-state index is 5.99. The summed E-state index contributed by atoms with van der Waals surface area (Å²) in [6.07, 6.45) is 5.22. The van der Waals surface area contributed by atoms with E-state index in [2.05, 4.69) is 27.9 Å². The van der Waals surface area contributed by atoms with Crippen LogP contribution < -0.4 is 10.1 Å². The summed E-state index contributed by atoms with van der Waals surface area (Å²) in [5.41, 5.74) is 1.12. The molecule has 2 nitrogen and oxygen atoms in total. The van der Waals surface area contributed by atoms with Crippen LogP contribution in [0.1, 0.15) is 31.2 Å². The number of halogens is 2. The number of methoxy groups -OCH3 is 1. The third-order valence-electron chi connectivity index (χ3n) is 2.80. The largest absolute Gasteiger partial charge is 0.496 e. The Morgan fingerprint density at radius 1 is 1.22 bits per heavy atom. The summed E-state index contributed by atoms with van der Waals surface area (Å²) in [6, 6.07) is 5.73. The van der Waals surface area contributed by atoms with Crippen molar-refractivity contribution in [2.75, 3.05) is 18.1 Å². The molecule has 0 amide bonds. The van der Waals surface area contributed by atoms with Gasteiger partial charge in [-0.1, -0.05) is 47.0 Å². The van der Waals surface area contributed by atoms with Gasteiger partial charge in [-0.15, -0.1) is 0 Å². The van der Waals surface area contributed by atoms with Crippen LogP contribution in [0.25, 0.3) is 0 Å². The minimum Gasteiger partial charge on any atom is -0.496 e. The van der Waals surface area contributed by atoms with E-state index in [1.54, 1.807) is 7.11 Å². The van der Waals surface area contributed by atoms with Crippen LogP contribution in [0.4, 0.5) is 0 Å². The third kappa shape index (κ3) is 6.25. The molecule has 0 aromatic heterocycles. The molecule has 18 heavy (non-hydrogen) atoms. The summed E-state index contributed by atoms with van der Waals surface area (Å²) in [4.78, 5) is 0. The van der Waals surface area contributed by atoms with Gasteiger partial charge < -0.3 is 10.1 Å². The van der Waals surface area contributed by atoms with Crippen LogP contribution in [-0.4, -0.2) is 18.1 Å². The average Bonchev–Trinajstić information content (AvgIpc) is 2.38. The van der Waals surface area contributed by atoms with Gasteiger partial charge in [0.15, 0.2) is 0 Å². The molecule has 102 valence electrons. The van der Waals surface area contributed by atoms with Crippen LogP contribution in [0, 0.1) is 0 Å². The molecule has 0 unspecified atom stereocenters. The number of hydrogen-bond acceptors (Lipinski definition) is 2. The predicted octanol–water partition coefficient (Wildman–Crippen LogP) is 4.43. The molecule has 0 atom stereocenters. The predicted molar refractivity (Wildman–Crippen MR) is 87.1 cm³/mol. The Morgan fingerprint density at radius 3 is 2.72 bits per heavy atom. The fraction of sp³-hybridized carbons (Fsp3) is 0.571. The number of alkyl halides is 1. The van der Waals surface area contributed by atoms with Crippen molar-refractivity contribution in [3.63, 3.8) is 0 Å². The van der Waals surface area contributed by atoms with Crippen LogP contribution in [-0.2, 0) is 6.54 Å². The van der Waals surface area contributed by atoms with E-state index >= 15 is 0 Å². The van der Waals surface area contributed by atoms with E-state index < -0.39 is 0 Å². The van der Waals surface area contributed by atoms with E-state index in [0.717, 1.165) is 29.4 Å². The van der Waals surface area contributed by atoms with E-state index in [9.17, 15) is 0 Å². The topological polar surface area (TPSA) is 21.3 Å². The van der Waals surface area contributed by atoms with Crippen LogP contribution in [0.15, 0.2) is 18.2 Å². The van der Waals surface area contributed by atoms with Gasteiger partial charge in [0.2, 0.25) is 0 Å². The summed E-state index contributed by atoms with van der Waals surface area (Å²) >= 11 is 8.42. The lowest BCUT2D eigenvalue weighted by Gasteiger charge is -2.10. The van der Waals surface area contributed by atoms with Crippen LogP contribution in [0.3, 0.4) is 0 Å². The van der Waals surface area contributed by atoms with Gasteiger partial charge in [0, 0.05) is 17.1 Å². The van der Waals surface area contributed by atoms with Gasteiger partial charge in [-0.2, -0.15) is 0 Å². The van der Waals surface area contributed by atoms with E-state index in [0.29, 0.717) is 0 Å². The van der Waals surface area contributed by atoms with Gasteiger partial charge in [0.1, 0.15) is 5.75 Å². The highest BCUT2D eigenvalue weighted by molar-refractivity contribution is 14.1. The normalized spacial score (nSPS) is 10.6. The lowest BCUT2D eigenvalue weighted by molar-refractivity contribution is 0.407. The van der Waals surface area contributed by atoms with Crippen molar-refractivity contribution in [1.29, 1.82) is 0 Å². The molecule has 0 heterocycles. The Kier molecular flexibility index (Phi) is 8.80. The zero-order valence-electron chi connectivity index (χ0n) is 10.8. The van der Waals surface area contributed by atoms with Gasteiger partial charge in [-0.3, -0.25) is 0 Å². The first-order valence-corrected chi connectivity index (χ1v) is 8.27. The SMILES string of the molecule is COc1ccc(Cl)cc1CNCCCCCCI. The monoisotopic (exact) mass is 381 g/mol. The van der Waals surface area contributed by atoms with Gasteiger partial charge in [0.05, 0.1) is 7.11 Å². The number of hydrogen-bond donors (Lipinski definition) is 1. The van der Waals surface area contributed by atoms with Crippen LogP contribution in [0.5, 0.6) is 5.75 Å². The Bertz CT molecular complexity index is 347. The highest BCUT2D eigenvalue weighted by Gasteiger charge is 2.03. The average molecular weight is 382 g/mol. The van der Waals surface area contributed by atoms with Gasteiger partial charge in [0.25, 0.3) is 0 Å². The maximum Gasteiger partial charge on any atom is 0.123 e. The summed E-state index contributed by atoms with van der Waals surface area (Å²) in [5, 5.41) is 4.20. The zero-order valence-corrected chi connectivity index (χ0v) is 13.8. The molecule has 1 rings (SSSR count). The number of rotatable bonds is 9. The van der Waals surface area contributed by atoms with Crippen molar-refractivity contribution in [2.24, 2.45) is 0 Å². The second-order valence-corrected chi connectivity index (χ2v) is 5.75. The number of unbranched alkanes of at least 4 members (excludes halogenated alkanes) is 3. The standard InChI is InChI=1S/C14H21ClINO/c1-18-14-7-6-13(15)10-12(14)11-17-9-5-3-2-4-8-16/h6-7,10,17H,2-5,8-9,11H2,1H3. The second-order valence-electron chi connectivity index (χ2n) is 4.24. The molecule has 1 N–H and O–H groups in total. The highest BCUT2D eigenvalue weighted by Crippen LogP contribution is 2.22. The Labute approximate surface area is 129 Å². The third-order valence-corrected chi connectivity index (χ3v) is 3.79. The quantitative estimate of drug-likeness (QED) is 0.388. The minimum absolute atomic E-state index is 0.759. The molecular weight excluding hydrogens is 361 g/mol. The lowest BCUT2D eigenvalue weighted by atomic mass is 10.2. The second kappa shape index (κ2) is 9.87. The van der Waals surface area contributed by atoms with Crippen molar-refractivity contribution in [3.8, 4) is 5.75 Å². The van der Waals surface area contributed by atoms with E-state index in [1.807, 2.05) is 18.2 Å². The smallest absolute Gasteiger partial charge is 0.123 e. The molecule has 0 fully saturated rings. The molecule has 1 aromatic carbocycles. The van der Waals surface area contributed by atoms with E-state index in [4.69, 9.17) is 16.3 Å². The van der Waals surface area contributed by atoms with Crippen molar-refractivity contribution >= 4 is 34.2 Å². The van der Waals surface area contributed by atoms with Crippen molar-refractivity contribution in [1.82, 2.24) is 5.32 Å². The molecule has 4 heteroatoms. The van der Waals surface area contributed by atoms with Crippen LogP contribution in [0.2, 0.25) is 5.02 Å². The lowest BCUT2D eigenvalue weighted by Crippen LogP contribution is -2.15.